The quantitative estimate of drug-likeness (QED) is 0.670. The molecule has 1 saturated heterocycles. The van der Waals surface area contributed by atoms with E-state index >= 15 is 0 Å². The molecule has 1 fully saturated rings. The van der Waals surface area contributed by atoms with E-state index in [2.05, 4.69) is 20.1 Å². The van der Waals surface area contributed by atoms with Crippen molar-refractivity contribution in [3.63, 3.8) is 0 Å². The van der Waals surface area contributed by atoms with Crippen LogP contribution >= 0.6 is 0 Å². The van der Waals surface area contributed by atoms with E-state index in [4.69, 9.17) is 0 Å². The zero-order valence-electron chi connectivity index (χ0n) is 17.8. The molecule has 2 heterocycles. The second-order valence-corrected chi connectivity index (χ2v) is 7.64. The number of urea groups is 1. The lowest BCUT2D eigenvalue weighted by Gasteiger charge is -2.34. The maximum absolute atomic E-state index is 12.8. The van der Waals surface area contributed by atoms with Crippen molar-refractivity contribution in [2.24, 2.45) is 0 Å². The number of halogens is 3. The number of carbonyl (C=O) groups excluding carboxylic acids is 1. The van der Waals surface area contributed by atoms with Crippen LogP contribution in [-0.4, -0.2) is 77.7 Å². The molecule has 3 rings (SSSR count). The van der Waals surface area contributed by atoms with Gasteiger partial charge in [-0.05, 0) is 38.5 Å². The summed E-state index contributed by atoms with van der Waals surface area (Å²) in [7, 11) is 0. The summed E-state index contributed by atoms with van der Waals surface area (Å²) in [5, 5.41) is 7.48. The highest BCUT2D eigenvalue weighted by atomic mass is 19.4. The fourth-order valence-corrected chi connectivity index (χ4v) is 3.58. The van der Waals surface area contributed by atoms with Crippen LogP contribution in [-0.2, 0) is 4.74 Å². The van der Waals surface area contributed by atoms with Crippen molar-refractivity contribution < 1.29 is 22.7 Å². The Hall–Kier alpha value is -2.59. The Morgan fingerprint density at radius 2 is 1.87 bits per heavy atom. The van der Waals surface area contributed by atoms with Crippen molar-refractivity contribution >= 4 is 11.7 Å². The third-order valence-electron chi connectivity index (χ3n) is 5.07. The number of alkyl halides is 3. The van der Waals surface area contributed by atoms with Crippen LogP contribution in [0, 0.1) is 13.8 Å². The number of aromatic nitrogens is 2. The molecule has 1 aromatic heterocycles. The number of amides is 2. The standard InChI is InChI=1S/C21H28F3N5O2/c1-16-14-17(2)29(26-16)19-7-4-3-6-18(19)25-20(30)28-11-9-27(10-12-28)8-5-13-31-15-21(22,23)24/h3-4,6-7,14H,5,8-13,15H2,1-2H3,(H,25,30). The van der Waals surface area contributed by atoms with Crippen LogP contribution in [0.2, 0.25) is 0 Å². The fourth-order valence-electron chi connectivity index (χ4n) is 3.58. The van der Waals surface area contributed by atoms with Gasteiger partial charge in [0.25, 0.3) is 0 Å². The predicted molar refractivity (Wildman–Crippen MR) is 112 cm³/mol. The molecule has 10 heteroatoms. The molecule has 0 saturated carbocycles. The SMILES string of the molecule is Cc1cc(C)n(-c2ccccc2NC(=O)N2CCN(CCCOCC(F)(F)F)CC2)n1. The minimum absolute atomic E-state index is 0.0727. The number of benzene rings is 1. The van der Waals surface area contributed by atoms with Crippen LogP contribution in [0.15, 0.2) is 30.3 Å². The van der Waals surface area contributed by atoms with E-state index in [1.165, 1.54) is 0 Å². The summed E-state index contributed by atoms with van der Waals surface area (Å²) >= 11 is 0. The summed E-state index contributed by atoms with van der Waals surface area (Å²) in [5.74, 6) is 0. The molecule has 2 amide bonds. The lowest BCUT2D eigenvalue weighted by atomic mass is 10.2. The fraction of sp³-hybridized carbons (Fsp3) is 0.524. The first-order valence-corrected chi connectivity index (χ1v) is 10.3. The van der Waals surface area contributed by atoms with Crippen molar-refractivity contribution in [3.05, 3.63) is 41.7 Å². The molecule has 1 aliphatic rings. The van der Waals surface area contributed by atoms with E-state index in [0.29, 0.717) is 44.8 Å². The second-order valence-electron chi connectivity index (χ2n) is 7.64. The second kappa shape index (κ2) is 10.1. The van der Waals surface area contributed by atoms with Gasteiger partial charge in [0.2, 0.25) is 0 Å². The first-order valence-electron chi connectivity index (χ1n) is 10.3. The highest BCUT2D eigenvalue weighted by Crippen LogP contribution is 2.22. The van der Waals surface area contributed by atoms with Crippen molar-refractivity contribution in [1.82, 2.24) is 19.6 Å². The number of nitrogens with zero attached hydrogens (tertiary/aromatic N) is 4. The molecule has 0 bridgehead atoms. The Balaban J connectivity index is 1.47. The van der Waals surface area contributed by atoms with Gasteiger partial charge in [0.15, 0.2) is 0 Å². The third-order valence-corrected chi connectivity index (χ3v) is 5.07. The van der Waals surface area contributed by atoms with E-state index < -0.39 is 12.8 Å². The van der Waals surface area contributed by atoms with Crippen molar-refractivity contribution in [1.29, 1.82) is 0 Å². The molecule has 1 aliphatic heterocycles. The average molecular weight is 439 g/mol. The maximum Gasteiger partial charge on any atom is 0.411 e. The molecule has 0 unspecified atom stereocenters. The van der Waals surface area contributed by atoms with Crippen molar-refractivity contribution in [2.75, 3.05) is 51.3 Å². The van der Waals surface area contributed by atoms with E-state index in [-0.39, 0.29) is 12.6 Å². The molecule has 7 nitrogen and oxygen atoms in total. The molecule has 0 radical (unpaired) electrons. The summed E-state index contributed by atoms with van der Waals surface area (Å²) in [4.78, 5) is 16.7. The van der Waals surface area contributed by atoms with E-state index in [1.54, 1.807) is 4.90 Å². The third kappa shape index (κ3) is 6.70. The largest absolute Gasteiger partial charge is 0.411 e. The summed E-state index contributed by atoms with van der Waals surface area (Å²) in [6.45, 7) is 5.85. The van der Waals surface area contributed by atoms with Gasteiger partial charge in [0, 0.05) is 45.0 Å². The van der Waals surface area contributed by atoms with Gasteiger partial charge in [0.1, 0.15) is 6.61 Å². The van der Waals surface area contributed by atoms with Gasteiger partial charge < -0.3 is 15.0 Å². The van der Waals surface area contributed by atoms with Gasteiger partial charge in [-0.25, -0.2) is 9.48 Å². The minimum atomic E-state index is -4.29. The summed E-state index contributed by atoms with van der Waals surface area (Å²) < 4.78 is 42.7. The lowest BCUT2D eigenvalue weighted by Crippen LogP contribution is -2.50. The number of nitrogens with one attached hydrogen (secondary N) is 1. The van der Waals surface area contributed by atoms with Crippen molar-refractivity contribution in [3.8, 4) is 5.69 Å². The summed E-state index contributed by atoms with van der Waals surface area (Å²) in [6, 6.07) is 9.32. The molecular weight excluding hydrogens is 411 g/mol. The number of anilines is 1. The maximum atomic E-state index is 12.8. The topological polar surface area (TPSA) is 62.6 Å². The van der Waals surface area contributed by atoms with Crippen LogP contribution in [0.25, 0.3) is 5.69 Å². The molecular formula is C21H28F3N5O2. The monoisotopic (exact) mass is 439 g/mol. The number of rotatable bonds is 7. The Bertz CT molecular complexity index is 876. The van der Waals surface area contributed by atoms with Gasteiger partial charge in [0.05, 0.1) is 17.1 Å². The normalized spacial score (nSPS) is 15.3. The summed E-state index contributed by atoms with van der Waals surface area (Å²) in [5.41, 5.74) is 3.37. The first kappa shape index (κ1) is 23.1. The van der Waals surface area contributed by atoms with E-state index in [9.17, 15) is 18.0 Å². The van der Waals surface area contributed by atoms with E-state index in [0.717, 1.165) is 17.1 Å². The van der Waals surface area contributed by atoms with Gasteiger partial charge in [-0.1, -0.05) is 12.1 Å². The van der Waals surface area contributed by atoms with Crippen LogP contribution in [0.4, 0.5) is 23.7 Å². The zero-order valence-corrected chi connectivity index (χ0v) is 17.8. The smallest absolute Gasteiger partial charge is 0.372 e. The summed E-state index contributed by atoms with van der Waals surface area (Å²) in [6.07, 6.45) is -3.76. The number of piperazine rings is 1. The lowest BCUT2D eigenvalue weighted by molar-refractivity contribution is -0.174. The highest BCUT2D eigenvalue weighted by Gasteiger charge is 2.27. The van der Waals surface area contributed by atoms with Crippen LogP contribution in [0.3, 0.4) is 0 Å². The number of carbonyl (C=O) groups is 1. The Morgan fingerprint density at radius 3 is 2.52 bits per heavy atom. The van der Waals surface area contributed by atoms with Crippen LogP contribution < -0.4 is 5.32 Å². The van der Waals surface area contributed by atoms with Gasteiger partial charge in [-0.15, -0.1) is 0 Å². The number of hydrogen-bond acceptors (Lipinski definition) is 4. The van der Waals surface area contributed by atoms with E-state index in [1.807, 2.05) is 48.9 Å². The van der Waals surface area contributed by atoms with Gasteiger partial charge >= 0.3 is 12.2 Å². The molecule has 0 atom stereocenters. The highest BCUT2D eigenvalue weighted by molar-refractivity contribution is 5.91. The number of hydrogen-bond donors (Lipinski definition) is 1. The molecule has 31 heavy (non-hydrogen) atoms. The van der Waals surface area contributed by atoms with Crippen molar-refractivity contribution in [2.45, 2.75) is 26.4 Å². The predicted octanol–water partition coefficient (Wildman–Crippen LogP) is 3.61. The number of aryl methyl sites for hydroxylation is 2. The Labute approximate surface area is 179 Å². The van der Waals surface area contributed by atoms with Gasteiger partial charge in [-0.3, -0.25) is 4.90 Å². The Morgan fingerprint density at radius 1 is 1.16 bits per heavy atom. The molecule has 1 N–H and O–H groups in total. The van der Waals surface area contributed by atoms with Crippen LogP contribution in [0.1, 0.15) is 17.8 Å². The minimum Gasteiger partial charge on any atom is -0.372 e. The molecule has 170 valence electrons. The average Bonchev–Trinajstić information content (AvgIpc) is 3.05. The van der Waals surface area contributed by atoms with Gasteiger partial charge in [-0.2, -0.15) is 18.3 Å². The first-order chi connectivity index (χ1) is 14.7. The Kier molecular flexibility index (Phi) is 7.55. The zero-order chi connectivity index (χ0) is 22.4. The molecule has 1 aromatic carbocycles. The molecule has 2 aromatic rings. The van der Waals surface area contributed by atoms with Crippen LogP contribution in [0.5, 0.6) is 0 Å². The molecule has 0 aliphatic carbocycles. The number of ether oxygens (including phenoxy) is 1. The number of para-hydroxylation sites is 2. The molecule has 0 spiro atoms.